The number of benzene rings is 6. The Kier molecular flexibility index (Phi) is 7.92. The lowest BCUT2D eigenvalue weighted by molar-refractivity contribution is 0.00578. The minimum Gasteiger partial charge on any atom is -0.399 e. The number of hydrogen-bond donors (Lipinski definition) is 0. The summed E-state index contributed by atoms with van der Waals surface area (Å²) in [6, 6.07) is 53.5. The molecule has 0 radical (unpaired) electrons. The first-order valence-corrected chi connectivity index (χ1v) is 18.6. The van der Waals surface area contributed by atoms with E-state index in [1.807, 2.05) is 6.07 Å². The summed E-state index contributed by atoms with van der Waals surface area (Å²) >= 11 is 1.76. The lowest BCUT2D eigenvalue weighted by Gasteiger charge is -2.32. The summed E-state index contributed by atoms with van der Waals surface area (Å²) in [5.41, 5.74) is 11.3. The fourth-order valence-electron chi connectivity index (χ4n) is 6.87. The van der Waals surface area contributed by atoms with Gasteiger partial charge in [-0.1, -0.05) is 140 Å². The van der Waals surface area contributed by atoms with E-state index in [1.54, 1.807) is 11.3 Å². The van der Waals surface area contributed by atoms with E-state index in [0.717, 1.165) is 66.0 Å². The molecule has 2 aromatic heterocycles. The maximum Gasteiger partial charge on any atom is 0.494 e. The minimum atomic E-state index is -0.367. The third-order valence-electron chi connectivity index (χ3n) is 10.6. The van der Waals surface area contributed by atoms with Gasteiger partial charge in [0.15, 0.2) is 5.82 Å². The van der Waals surface area contributed by atoms with Gasteiger partial charge in [0.05, 0.1) is 27.1 Å². The SMILES string of the molecule is CC1(C)OB(c2ccc(-c3ccc(-c4cccc(-c5nc(-c6ccc(-c7ccccc7)cc6)c6sc7ccccc7c6n5)c4)cc3)cc2)OC1(C)C. The molecular formula is C46H37BN2O2S. The van der Waals surface area contributed by atoms with Crippen molar-refractivity contribution in [2.24, 2.45) is 0 Å². The monoisotopic (exact) mass is 692 g/mol. The molecule has 1 aliphatic rings. The van der Waals surface area contributed by atoms with E-state index in [-0.39, 0.29) is 18.3 Å². The second-order valence-corrected chi connectivity index (χ2v) is 15.5. The molecule has 0 unspecified atom stereocenters. The molecule has 1 fully saturated rings. The van der Waals surface area contributed by atoms with E-state index in [0.29, 0.717) is 0 Å². The lowest BCUT2D eigenvalue weighted by atomic mass is 9.78. The molecule has 3 heterocycles. The normalized spacial score (nSPS) is 15.0. The number of nitrogens with zero attached hydrogens (tertiary/aromatic N) is 2. The van der Waals surface area contributed by atoms with Crippen LogP contribution in [-0.2, 0) is 9.31 Å². The molecule has 0 spiro atoms. The van der Waals surface area contributed by atoms with Gasteiger partial charge in [-0.25, -0.2) is 9.97 Å². The van der Waals surface area contributed by atoms with Crippen molar-refractivity contribution in [2.45, 2.75) is 38.9 Å². The molecule has 52 heavy (non-hydrogen) atoms. The first-order chi connectivity index (χ1) is 25.2. The highest BCUT2D eigenvalue weighted by molar-refractivity contribution is 7.26. The highest BCUT2D eigenvalue weighted by Crippen LogP contribution is 2.40. The minimum absolute atomic E-state index is 0.363. The van der Waals surface area contributed by atoms with Crippen LogP contribution in [0.5, 0.6) is 0 Å². The number of rotatable bonds is 6. The molecule has 9 rings (SSSR count). The summed E-state index contributed by atoms with van der Waals surface area (Å²) in [6.45, 7) is 8.33. The average Bonchev–Trinajstić information content (AvgIpc) is 3.67. The number of fused-ring (bicyclic) bond motifs is 3. The maximum absolute atomic E-state index is 6.26. The van der Waals surface area contributed by atoms with Crippen molar-refractivity contribution in [3.8, 4) is 56.0 Å². The Morgan fingerprint density at radius 2 is 0.981 bits per heavy atom. The van der Waals surface area contributed by atoms with Crippen molar-refractivity contribution < 1.29 is 9.31 Å². The highest BCUT2D eigenvalue weighted by atomic mass is 32.1. The van der Waals surface area contributed by atoms with Crippen molar-refractivity contribution in [3.63, 3.8) is 0 Å². The molecule has 0 N–H and O–H groups in total. The zero-order valence-corrected chi connectivity index (χ0v) is 30.4. The largest absolute Gasteiger partial charge is 0.494 e. The van der Waals surface area contributed by atoms with E-state index in [4.69, 9.17) is 19.3 Å². The van der Waals surface area contributed by atoms with Crippen LogP contribution in [0.3, 0.4) is 0 Å². The zero-order valence-electron chi connectivity index (χ0n) is 29.6. The standard InChI is InChI=1S/C46H37BN2O2S/c1-45(2)46(3,4)51-47(50-45)38-27-25-33(26-28-38)32-17-19-34(20-18-32)36-13-10-14-37(29-36)44-48-41(43-42(49-44)39-15-8-9-16-40(39)52-43)35-23-21-31(22-24-35)30-11-6-5-7-12-30/h5-29H,1-4H3. The summed E-state index contributed by atoms with van der Waals surface area (Å²) in [7, 11) is -0.367. The smallest absolute Gasteiger partial charge is 0.399 e. The van der Waals surface area contributed by atoms with Crippen molar-refractivity contribution in [2.75, 3.05) is 0 Å². The Labute approximate surface area is 308 Å². The van der Waals surface area contributed by atoms with Gasteiger partial charge in [-0.3, -0.25) is 0 Å². The third kappa shape index (κ3) is 5.83. The van der Waals surface area contributed by atoms with Crippen LogP contribution in [0.15, 0.2) is 152 Å². The Bertz CT molecular complexity index is 2540. The van der Waals surface area contributed by atoms with Crippen molar-refractivity contribution in [1.82, 2.24) is 9.97 Å². The molecule has 0 bridgehead atoms. The van der Waals surface area contributed by atoms with Gasteiger partial charge < -0.3 is 9.31 Å². The molecule has 0 atom stereocenters. The average molecular weight is 693 g/mol. The van der Waals surface area contributed by atoms with E-state index >= 15 is 0 Å². The Balaban J connectivity index is 1.03. The number of hydrogen-bond acceptors (Lipinski definition) is 5. The number of thiophene rings is 1. The van der Waals surface area contributed by atoms with Gasteiger partial charge in [0, 0.05) is 21.2 Å². The van der Waals surface area contributed by atoms with Crippen LogP contribution in [0, 0.1) is 0 Å². The van der Waals surface area contributed by atoms with Gasteiger partial charge in [-0.15, -0.1) is 11.3 Å². The van der Waals surface area contributed by atoms with E-state index in [1.165, 1.54) is 15.8 Å². The molecule has 6 heteroatoms. The first-order valence-electron chi connectivity index (χ1n) is 17.7. The fourth-order valence-corrected chi connectivity index (χ4v) is 8.03. The van der Waals surface area contributed by atoms with Gasteiger partial charge >= 0.3 is 7.12 Å². The summed E-state index contributed by atoms with van der Waals surface area (Å²) < 4.78 is 14.8. The van der Waals surface area contributed by atoms with Gasteiger partial charge in [0.1, 0.15) is 0 Å². The van der Waals surface area contributed by atoms with Gasteiger partial charge in [-0.2, -0.15) is 0 Å². The Hall–Kier alpha value is -5.40. The van der Waals surface area contributed by atoms with E-state index < -0.39 is 0 Å². The summed E-state index contributed by atoms with van der Waals surface area (Å²) in [5, 5.41) is 1.16. The van der Waals surface area contributed by atoms with Crippen LogP contribution >= 0.6 is 11.3 Å². The summed E-state index contributed by atoms with van der Waals surface area (Å²) in [5.74, 6) is 0.721. The van der Waals surface area contributed by atoms with E-state index in [9.17, 15) is 0 Å². The van der Waals surface area contributed by atoms with Crippen LogP contribution in [-0.4, -0.2) is 28.3 Å². The predicted octanol–water partition coefficient (Wildman–Crippen LogP) is 11.5. The molecule has 252 valence electrons. The lowest BCUT2D eigenvalue weighted by Crippen LogP contribution is -2.41. The number of aromatic nitrogens is 2. The van der Waals surface area contributed by atoms with Crippen LogP contribution in [0.4, 0.5) is 0 Å². The quantitative estimate of drug-likeness (QED) is 0.163. The van der Waals surface area contributed by atoms with Crippen LogP contribution in [0.2, 0.25) is 0 Å². The van der Waals surface area contributed by atoms with Gasteiger partial charge in [0.25, 0.3) is 0 Å². The summed E-state index contributed by atoms with van der Waals surface area (Å²) in [6.07, 6.45) is 0. The van der Waals surface area contributed by atoms with Crippen molar-refractivity contribution in [3.05, 3.63) is 152 Å². The predicted molar refractivity (Wildman–Crippen MR) is 218 cm³/mol. The third-order valence-corrected chi connectivity index (χ3v) is 11.8. The zero-order chi connectivity index (χ0) is 35.5. The van der Waals surface area contributed by atoms with Crippen LogP contribution in [0.25, 0.3) is 76.3 Å². The molecule has 0 saturated carbocycles. The van der Waals surface area contributed by atoms with Crippen LogP contribution < -0.4 is 5.46 Å². The molecule has 1 aliphatic heterocycles. The highest BCUT2D eigenvalue weighted by Gasteiger charge is 2.51. The molecule has 6 aromatic carbocycles. The van der Waals surface area contributed by atoms with Gasteiger partial charge in [0.2, 0.25) is 0 Å². The Morgan fingerprint density at radius 1 is 0.481 bits per heavy atom. The van der Waals surface area contributed by atoms with Crippen LogP contribution in [0.1, 0.15) is 27.7 Å². The second kappa shape index (κ2) is 12.7. The molecule has 0 amide bonds. The first kappa shape index (κ1) is 32.5. The fraction of sp³-hybridized carbons (Fsp3) is 0.130. The molecule has 8 aromatic rings. The molecule has 0 aliphatic carbocycles. The maximum atomic E-state index is 6.26. The second-order valence-electron chi connectivity index (χ2n) is 14.5. The molecule has 1 saturated heterocycles. The molecular weight excluding hydrogens is 655 g/mol. The summed E-state index contributed by atoms with van der Waals surface area (Å²) in [4.78, 5) is 10.5. The Morgan fingerprint density at radius 3 is 1.63 bits per heavy atom. The van der Waals surface area contributed by atoms with E-state index in [2.05, 4.69) is 173 Å². The van der Waals surface area contributed by atoms with Crippen molar-refractivity contribution >= 4 is 44.2 Å². The van der Waals surface area contributed by atoms with Gasteiger partial charge in [-0.05, 0) is 78.7 Å². The molecule has 4 nitrogen and oxygen atoms in total. The van der Waals surface area contributed by atoms with Crippen molar-refractivity contribution in [1.29, 1.82) is 0 Å². The topological polar surface area (TPSA) is 44.2 Å².